The Morgan fingerprint density at radius 2 is 2.00 bits per heavy atom. The van der Waals surface area contributed by atoms with Crippen molar-refractivity contribution in [2.24, 2.45) is 0 Å². The van der Waals surface area contributed by atoms with E-state index in [2.05, 4.69) is 15.0 Å². The Morgan fingerprint density at radius 1 is 1.23 bits per heavy atom. The Bertz CT molecular complexity index is 934. The SMILES string of the molecule is CC(C(=O)N(c1nccs1)C1CCCCC1)N(C)Cc1cnn(-c2ccccc2)c1. The van der Waals surface area contributed by atoms with E-state index in [4.69, 9.17) is 0 Å². The smallest absolute Gasteiger partial charge is 0.246 e. The van der Waals surface area contributed by atoms with Gasteiger partial charge in [0.05, 0.1) is 17.9 Å². The van der Waals surface area contributed by atoms with Gasteiger partial charge >= 0.3 is 0 Å². The first kappa shape index (κ1) is 20.8. The molecule has 7 heteroatoms. The highest BCUT2D eigenvalue weighted by molar-refractivity contribution is 7.13. The van der Waals surface area contributed by atoms with E-state index in [1.54, 1.807) is 17.5 Å². The van der Waals surface area contributed by atoms with Gasteiger partial charge in [0.2, 0.25) is 5.91 Å². The largest absolute Gasteiger partial charge is 0.291 e. The number of hydrogen-bond acceptors (Lipinski definition) is 5. The number of benzene rings is 1. The van der Waals surface area contributed by atoms with Crippen LogP contribution in [0.1, 0.15) is 44.6 Å². The standard InChI is InChI=1S/C23H29N5OS/c1-18(22(29)28(23-24-13-14-30-23)21-11-7-4-8-12-21)26(2)16-19-15-25-27(17-19)20-9-5-3-6-10-20/h3,5-6,9-10,13-15,17-18,21H,4,7-8,11-12,16H2,1-2H3. The lowest BCUT2D eigenvalue weighted by Crippen LogP contribution is -2.50. The molecule has 0 aliphatic heterocycles. The lowest BCUT2D eigenvalue weighted by molar-refractivity contribution is -0.123. The number of para-hydroxylation sites is 1. The van der Waals surface area contributed by atoms with Crippen molar-refractivity contribution >= 4 is 22.4 Å². The molecule has 1 saturated carbocycles. The molecule has 3 aromatic rings. The summed E-state index contributed by atoms with van der Waals surface area (Å²) >= 11 is 1.55. The third-order valence-electron chi connectivity index (χ3n) is 5.91. The Hall–Kier alpha value is -2.51. The highest BCUT2D eigenvalue weighted by Gasteiger charge is 2.33. The van der Waals surface area contributed by atoms with Gasteiger partial charge in [0.15, 0.2) is 5.13 Å². The maximum absolute atomic E-state index is 13.5. The van der Waals surface area contributed by atoms with Crippen molar-refractivity contribution in [1.82, 2.24) is 19.7 Å². The van der Waals surface area contributed by atoms with Crippen LogP contribution >= 0.6 is 11.3 Å². The fourth-order valence-electron chi connectivity index (χ4n) is 4.08. The average Bonchev–Trinajstić information content (AvgIpc) is 3.47. The van der Waals surface area contributed by atoms with Gasteiger partial charge < -0.3 is 0 Å². The number of carbonyl (C=O) groups excluding carboxylic acids is 1. The maximum Gasteiger partial charge on any atom is 0.246 e. The van der Waals surface area contributed by atoms with Crippen molar-refractivity contribution < 1.29 is 4.79 Å². The van der Waals surface area contributed by atoms with E-state index in [1.165, 1.54) is 19.3 Å². The molecule has 1 atom stereocenters. The van der Waals surface area contributed by atoms with Crippen LogP contribution in [0.15, 0.2) is 54.3 Å². The summed E-state index contributed by atoms with van der Waals surface area (Å²) in [6, 6.07) is 10.1. The molecule has 30 heavy (non-hydrogen) atoms. The number of nitrogens with zero attached hydrogens (tertiary/aromatic N) is 5. The molecule has 1 aliphatic carbocycles. The van der Waals surface area contributed by atoms with Crippen molar-refractivity contribution in [3.05, 3.63) is 59.9 Å². The Kier molecular flexibility index (Phi) is 6.59. The highest BCUT2D eigenvalue weighted by atomic mass is 32.1. The number of likely N-dealkylation sites (N-methyl/N-ethyl adjacent to an activating group) is 1. The molecule has 0 bridgehead atoms. The molecular weight excluding hydrogens is 394 g/mol. The van der Waals surface area contributed by atoms with Crippen molar-refractivity contribution in [3.63, 3.8) is 0 Å². The van der Waals surface area contributed by atoms with Crippen LogP contribution in [0.5, 0.6) is 0 Å². The molecular formula is C23H29N5OS. The normalized spacial score (nSPS) is 16.0. The van der Waals surface area contributed by atoms with E-state index in [-0.39, 0.29) is 18.0 Å². The topological polar surface area (TPSA) is 54.3 Å². The second-order valence-electron chi connectivity index (χ2n) is 8.03. The summed E-state index contributed by atoms with van der Waals surface area (Å²) in [6.45, 7) is 2.66. The lowest BCUT2D eigenvalue weighted by atomic mass is 9.94. The molecule has 1 aromatic carbocycles. The van der Waals surface area contributed by atoms with Crippen LogP contribution in [0, 0.1) is 0 Å². The summed E-state index contributed by atoms with van der Waals surface area (Å²) in [4.78, 5) is 22.1. The van der Waals surface area contributed by atoms with Gasteiger partial charge in [-0.1, -0.05) is 37.5 Å². The maximum atomic E-state index is 13.5. The van der Waals surface area contributed by atoms with Crippen LogP contribution in [-0.4, -0.2) is 44.7 Å². The second-order valence-corrected chi connectivity index (χ2v) is 8.91. The molecule has 0 spiro atoms. The molecule has 158 valence electrons. The minimum absolute atomic E-state index is 0.134. The van der Waals surface area contributed by atoms with E-state index < -0.39 is 0 Å². The first-order valence-corrected chi connectivity index (χ1v) is 11.5. The molecule has 6 nitrogen and oxygen atoms in total. The first-order valence-electron chi connectivity index (χ1n) is 10.7. The molecule has 4 rings (SSSR count). The van der Waals surface area contributed by atoms with Gasteiger partial charge in [-0.15, -0.1) is 11.3 Å². The molecule has 0 radical (unpaired) electrons. The predicted molar refractivity (Wildman–Crippen MR) is 121 cm³/mol. The third-order valence-corrected chi connectivity index (χ3v) is 6.68. The summed E-state index contributed by atoms with van der Waals surface area (Å²) in [6.07, 6.45) is 11.4. The zero-order valence-corrected chi connectivity index (χ0v) is 18.5. The molecule has 2 heterocycles. The Labute approximate surface area is 182 Å². The van der Waals surface area contributed by atoms with Gasteiger partial charge in [0.25, 0.3) is 0 Å². The molecule has 1 amide bonds. The Morgan fingerprint density at radius 3 is 2.70 bits per heavy atom. The molecule has 0 N–H and O–H groups in total. The molecule has 1 aliphatic rings. The summed E-state index contributed by atoms with van der Waals surface area (Å²) in [5.41, 5.74) is 2.11. The highest BCUT2D eigenvalue weighted by Crippen LogP contribution is 2.30. The summed E-state index contributed by atoms with van der Waals surface area (Å²) in [5, 5.41) is 7.25. The number of anilines is 1. The minimum atomic E-state index is -0.240. The van der Waals surface area contributed by atoms with Crippen LogP contribution in [0.2, 0.25) is 0 Å². The zero-order valence-electron chi connectivity index (χ0n) is 17.6. The van der Waals surface area contributed by atoms with Crippen LogP contribution in [0.4, 0.5) is 5.13 Å². The summed E-state index contributed by atoms with van der Waals surface area (Å²) in [7, 11) is 2.00. The lowest BCUT2D eigenvalue weighted by Gasteiger charge is -2.36. The van der Waals surface area contributed by atoms with Crippen molar-refractivity contribution in [1.29, 1.82) is 0 Å². The van der Waals surface area contributed by atoms with E-state index in [0.29, 0.717) is 6.54 Å². The van der Waals surface area contributed by atoms with Crippen LogP contribution in [0.3, 0.4) is 0 Å². The van der Waals surface area contributed by atoms with Crippen LogP contribution < -0.4 is 4.90 Å². The summed E-state index contributed by atoms with van der Waals surface area (Å²) < 4.78 is 1.87. The van der Waals surface area contributed by atoms with Crippen molar-refractivity contribution in [2.75, 3.05) is 11.9 Å². The van der Waals surface area contributed by atoms with Gasteiger partial charge in [0.1, 0.15) is 0 Å². The van der Waals surface area contributed by atoms with E-state index in [9.17, 15) is 4.79 Å². The van der Waals surface area contributed by atoms with Crippen LogP contribution in [-0.2, 0) is 11.3 Å². The fraction of sp³-hybridized carbons (Fsp3) is 0.435. The Balaban J connectivity index is 1.46. The third kappa shape index (κ3) is 4.63. The number of amides is 1. The van der Waals surface area contributed by atoms with E-state index >= 15 is 0 Å². The predicted octanol–water partition coefficient (Wildman–Crippen LogP) is 4.52. The quantitative estimate of drug-likeness (QED) is 0.561. The summed E-state index contributed by atoms with van der Waals surface area (Å²) in [5.74, 6) is 0.134. The molecule has 2 aromatic heterocycles. The number of aromatic nitrogens is 3. The number of carbonyl (C=O) groups is 1. The van der Waals surface area contributed by atoms with Gasteiger partial charge in [-0.2, -0.15) is 5.10 Å². The second kappa shape index (κ2) is 9.53. The average molecular weight is 424 g/mol. The number of thiazole rings is 1. The monoisotopic (exact) mass is 423 g/mol. The number of hydrogen-bond donors (Lipinski definition) is 0. The number of rotatable bonds is 7. The first-order chi connectivity index (χ1) is 14.6. The van der Waals surface area contributed by atoms with Crippen LogP contribution in [0.25, 0.3) is 5.69 Å². The van der Waals surface area contributed by atoms with E-state index in [0.717, 1.165) is 29.2 Å². The van der Waals surface area contributed by atoms with Gasteiger partial charge in [-0.3, -0.25) is 14.6 Å². The molecule has 1 fully saturated rings. The van der Waals surface area contributed by atoms with E-state index in [1.807, 2.05) is 71.7 Å². The fourth-order valence-corrected chi connectivity index (χ4v) is 4.80. The van der Waals surface area contributed by atoms with Crippen molar-refractivity contribution in [2.45, 2.75) is 57.7 Å². The minimum Gasteiger partial charge on any atom is -0.291 e. The van der Waals surface area contributed by atoms with Crippen molar-refractivity contribution in [3.8, 4) is 5.69 Å². The molecule has 0 saturated heterocycles. The molecule has 1 unspecified atom stereocenters. The van der Waals surface area contributed by atoms with Gasteiger partial charge in [0, 0.05) is 35.9 Å². The zero-order chi connectivity index (χ0) is 20.9. The van der Waals surface area contributed by atoms with Gasteiger partial charge in [-0.25, -0.2) is 9.67 Å². The van der Waals surface area contributed by atoms with Gasteiger partial charge in [-0.05, 0) is 38.9 Å².